The average molecular weight is 205 g/mol. The van der Waals surface area contributed by atoms with E-state index in [1.165, 1.54) is 0 Å². The Labute approximate surface area is 90.4 Å². The molecule has 0 spiro atoms. The second kappa shape index (κ2) is 3.34. The third-order valence-electron chi connectivity index (χ3n) is 2.92. The zero-order valence-electron chi connectivity index (χ0n) is 9.32. The molecule has 2 rings (SSSR count). The third kappa shape index (κ3) is 1.69. The first-order chi connectivity index (χ1) is 6.92. The minimum absolute atomic E-state index is 0.0220. The Bertz CT molecular complexity index is 390. The van der Waals surface area contributed by atoms with Gasteiger partial charge in [-0.3, -0.25) is 0 Å². The van der Waals surface area contributed by atoms with Crippen LogP contribution in [0.4, 0.5) is 0 Å². The molecule has 1 aromatic rings. The molecule has 80 valence electrons. The van der Waals surface area contributed by atoms with Gasteiger partial charge in [-0.1, -0.05) is 18.2 Å². The highest BCUT2D eigenvalue weighted by Gasteiger charge is 2.40. The van der Waals surface area contributed by atoms with Crippen molar-refractivity contribution in [1.29, 1.82) is 0 Å². The van der Waals surface area contributed by atoms with Crippen LogP contribution in [-0.2, 0) is 10.3 Å². The molecular formula is C11H16BNO2. The summed E-state index contributed by atoms with van der Waals surface area (Å²) in [5.74, 6) is 0. The van der Waals surface area contributed by atoms with Crippen molar-refractivity contribution >= 4 is 12.6 Å². The summed E-state index contributed by atoms with van der Waals surface area (Å²) in [6.07, 6.45) is 0. The Kier molecular flexibility index (Phi) is 2.37. The second-order valence-corrected chi connectivity index (χ2v) is 4.62. The van der Waals surface area contributed by atoms with Gasteiger partial charge in [-0.05, 0) is 37.4 Å². The van der Waals surface area contributed by atoms with Gasteiger partial charge in [-0.2, -0.15) is 0 Å². The van der Waals surface area contributed by atoms with Crippen LogP contribution in [0.5, 0.6) is 0 Å². The molecule has 0 aliphatic carbocycles. The van der Waals surface area contributed by atoms with E-state index in [1.54, 1.807) is 0 Å². The highest BCUT2D eigenvalue weighted by Crippen LogP contribution is 2.30. The van der Waals surface area contributed by atoms with Crippen LogP contribution in [0.25, 0.3) is 0 Å². The standard InChI is InChI=1S/C11H16BNO2/c1-7(13)8-4-5-9-10(6-8)12(14)15-11(9,2)3/h4-7,14H,13H2,1-3H3/t7-/m1/s1. The number of nitrogens with two attached hydrogens (primary N) is 1. The first-order valence-corrected chi connectivity index (χ1v) is 5.17. The van der Waals surface area contributed by atoms with Gasteiger partial charge >= 0.3 is 7.12 Å². The van der Waals surface area contributed by atoms with Crippen LogP contribution in [0.15, 0.2) is 18.2 Å². The minimum Gasteiger partial charge on any atom is -0.423 e. The maximum absolute atomic E-state index is 9.76. The molecule has 0 fully saturated rings. The van der Waals surface area contributed by atoms with Crippen LogP contribution in [-0.4, -0.2) is 12.1 Å². The summed E-state index contributed by atoms with van der Waals surface area (Å²) in [4.78, 5) is 0. The lowest BCUT2D eigenvalue weighted by atomic mass is 9.77. The van der Waals surface area contributed by atoms with E-state index in [-0.39, 0.29) is 6.04 Å². The van der Waals surface area contributed by atoms with Gasteiger partial charge in [0.05, 0.1) is 5.60 Å². The van der Waals surface area contributed by atoms with Crippen molar-refractivity contribution in [3.63, 3.8) is 0 Å². The predicted octanol–water partition coefficient (Wildman–Crippen LogP) is 0.659. The van der Waals surface area contributed by atoms with Gasteiger partial charge in [0.25, 0.3) is 0 Å². The SMILES string of the molecule is C[C@@H](N)c1ccc2c(c1)B(O)OC2(C)C. The lowest BCUT2D eigenvalue weighted by Crippen LogP contribution is -2.29. The molecular weight excluding hydrogens is 189 g/mol. The molecule has 4 heteroatoms. The van der Waals surface area contributed by atoms with E-state index in [0.717, 1.165) is 16.6 Å². The van der Waals surface area contributed by atoms with E-state index < -0.39 is 12.7 Å². The first-order valence-electron chi connectivity index (χ1n) is 5.17. The molecule has 3 N–H and O–H groups in total. The van der Waals surface area contributed by atoms with Crippen molar-refractivity contribution in [1.82, 2.24) is 0 Å². The molecule has 0 unspecified atom stereocenters. The topological polar surface area (TPSA) is 55.5 Å². The normalized spacial score (nSPS) is 20.2. The lowest BCUT2D eigenvalue weighted by Gasteiger charge is -2.19. The number of hydrogen-bond donors (Lipinski definition) is 2. The molecule has 1 heterocycles. The summed E-state index contributed by atoms with van der Waals surface area (Å²) in [6, 6.07) is 5.89. The van der Waals surface area contributed by atoms with Crippen molar-refractivity contribution in [2.75, 3.05) is 0 Å². The smallest absolute Gasteiger partial charge is 0.423 e. The number of fused-ring (bicyclic) bond motifs is 1. The maximum Gasteiger partial charge on any atom is 0.492 e. The molecule has 1 aromatic carbocycles. The highest BCUT2D eigenvalue weighted by atomic mass is 16.5. The van der Waals surface area contributed by atoms with Crippen molar-refractivity contribution in [2.24, 2.45) is 5.73 Å². The molecule has 0 aromatic heterocycles. The van der Waals surface area contributed by atoms with Gasteiger partial charge < -0.3 is 15.4 Å². The van der Waals surface area contributed by atoms with Crippen molar-refractivity contribution in [2.45, 2.75) is 32.4 Å². The van der Waals surface area contributed by atoms with Gasteiger partial charge in [0, 0.05) is 6.04 Å². The third-order valence-corrected chi connectivity index (χ3v) is 2.92. The molecule has 0 radical (unpaired) electrons. The van der Waals surface area contributed by atoms with Crippen LogP contribution in [0.3, 0.4) is 0 Å². The van der Waals surface area contributed by atoms with Gasteiger partial charge in [-0.15, -0.1) is 0 Å². The summed E-state index contributed by atoms with van der Waals surface area (Å²) in [5, 5.41) is 9.76. The zero-order valence-corrected chi connectivity index (χ0v) is 9.32. The Morgan fingerprint density at radius 2 is 2.13 bits per heavy atom. The fourth-order valence-electron chi connectivity index (χ4n) is 2.02. The number of benzene rings is 1. The summed E-state index contributed by atoms with van der Waals surface area (Å²) < 4.78 is 5.47. The Morgan fingerprint density at radius 1 is 1.47 bits per heavy atom. The monoisotopic (exact) mass is 205 g/mol. The van der Waals surface area contributed by atoms with E-state index in [1.807, 2.05) is 39.0 Å². The van der Waals surface area contributed by atoms with Crippen LogP contribution < -0.4 is 11.2 Å². The first kappa shape index (κ1) is 10.7. The van der Waals surface area contributed by atoms with E-state index in [2.05, 4.69) is 0 Å². The van der Waals surface area contributed by atoms with E-state index >= 15 is 0 Å². The number of rotatable bonds is 1. The molecule has 0 saturated heterocycles. The summed E-state index contributed by atoms with van der Waals surface area (Å²) in [5.41, 5.74) is 8.29. The van der Waals surface area contributed by atoms with Gasteiger partial charge in [0.15, 0.2) is 0 Å². The molecule has 3 nitrogen and oxygen atoms in total. The maximum atomic E-state index is 9.76. The van der Waals surface area contributed by atoms with Crippen LogP contribution >= 0.6 is 0 Å². The van der Waals surface area contributed by atoms with Crippen LogP contribution in [0, 0.1) is 0 Å². The Morgan fingerprint density at radius 3 is 2.73 bits per heavy atom. The largest absolute Gasteiger partial charge is 0.492 e. The van der Waals surface area contributed by atoms with Crippen LogP contribution in [0.2, 0.25) is 0 Å². The van der Waals surface area contributed by atoms with Crippen molar-refractivity contribution in [3.8, 4) is 0 Å². The second-order valence-electron chi connectivity index (χ2n) is 4.62. The van der Waals surface area contributed by atoms with Crippen molar-refractivity contribution in [3.05, 3.63) is 29.3 Å². The van der Waals surface area contributed by atoms with Crippen LogP contribution in [0.1, 0.15) is 37.9 Å². The lowest BCUT2D eigenvalue weighted by molar-refractivity contribution is 0.101. The molecule has 0 amide bonds. The average Bonchev–Trinajstić information content (AvgIpc) is 2.37. The zero-order chi connectivity index (χ0) is 11.2. The fourth-order valence-corrected chi connectivity index (χ4v) is 2.02. The van der Waals surface area contributed by atoms with Gasteiger partial charge in [0.1, 0.15) is 0 Å². The van der Waals surface area contributed by atoms with E-state index in [4.69, 9.17) is 10.4 Å². The molecule has 1 aliphatic heterocycles. The molecule has 0 bridgehead atoms. The molecule has 15 heavy (non-hydrogen) atoms. The number of hydrogen-bond acceptors (Lipinski definition) is 3. The van der Waals surface area contributed by atoms with E-state index in [9.17, 15) is 5.02 Å². The minimum atomic E-state index is -0.825. The quantitative estimate of drug-likeness (QED) is 0.662. The Balaban J connectivity index is 2.51. The fraction of sp³-hybridized carbons (Fsp3) is 0.455. The summed E-state index contributed by atoms with van der Waals surface area (Å²) >= 11 is 0. The summed E-state index contributed by atoms with van der Waals surface area (Å²) in [6.45, 7) is 5.83. The van der Waals surface area contributed by atoms with Crippen molar-refractivity contribution < 1.29 is 9.68 Å². The van der Waals surface area contributed by atoms with E-state index in [0.29, 0.717) is 0 Å². The predicted molar refractivity (Wildman–Crippen MR) is 60.8 cm³/mol. The molecule has 1 aliphatic rings. The van der Waals surface area contributed by atoms with Gasteiger partial charge in [-0.25, -0.2) is 0 Å². The Hall–Kier alpha value is -0.835. The molecule has 1 atom stereocenters. The van der Waals surface area contributed by atoms with Gasteiger partial charge in [0.2, 0.25) is 0 Å². The summed E-state index contributed by atoms with van der Waals surface area (Å²) in [7, 11) is -0.825. The highest BCUT2D eigenvalue weighted by molar-refractivity contribution is 6.62. The molecule has 0 saturated carbocycles.